The molecule has 1 saturated carbocycles. The normalized spacial score (nSPS) is 16.6. The number of aliphatic imine (C=N–C) groups is 1. The van der Waals surface area contributed by atoms with Crippen molar-refractivity contribution in [3.8, 4) is 0 Å². The van der Waals surface area contributed by atoms with Crippen molar-refractivity contribution in [3.05, 3.63) is 34.3 Å². The number of rotatable bonds is 4. The Kier molecular flexibility index (Phi) is 4.42. The molecule has 1 fully saturated rings. The molecule has 0 aliphatic heterocycles. The van der Waals surface area contributed by atoms with Crippen LogP contribution in [0.3, 0.4) is 0 Å². The summed E-state index contributed by atoms with van der Waals surface area (Å²) < 4.78 is 1.11. The van der Waals surface area contributed by atoms with E-state index in [1.807, 2.05) is 12.1 Å². The molecule has 0 unspecified atom stereocenters. The van der Waals surface area contributed by atoms with Crippen LogP contribution in [0.2, 0.25) is 0 Å². The lowest BCUT2D eigenvalue weighted by Crippen LogP contribution is -2.43. The third-order valence-electron chi connectivity index (χ3n) is 3.03. The molecule has 92 valence electrons. The summed E-state index contributed by atoms with van der Waals surface area (Å²) in [5.41, 5.74) is 7.09. The zero-order chi connectivity index (χ0) is 12.1. The van der Waals surface area contributed by atoms with Crippen molar-refractivity contribution in [2.45, 2.75) is 31.7 Å². The van der Waals surface area contributed by atoms with E-state index in [2.05, 4.69) is 38.4 Å². The molecule has 0 saturated heterocycles. The first-order valence-corrected chi connectivity index (χ1v) is 6.84. The first-order chi connectivity index (χ1) is 8.24. The molecular formula is C13H18BrN3. The summed E-state index contributed by atoms with van der Waals surface area (Å²) in [5, 5.41) is 3.23. The molecule has 3 N–H and O–H groups in total. The minimum absolute atomic E-state index is 0.560. The molecule has 0 spiro atoms. The van der Waals surface area contributed by atoms with Gasteiger partial charge in [-0.3, -0.25) is 4.99 Å². The van der Waals surface area contributed by atoms with Crippen molar-refractivity contribution in [3.63, 3.8) is 0 Å². The van der Waals surface area contributed by atoms with Gasteiger partial charge in [-0.1, -0.05) is 28.1 Å². The molecule has 0 aromatic heterocycles. The van der Waals surface area contributed by atoms with Gasteiger partial charge in [0.2, 0.25) is 0 Å². The highest BCUT2D eigenvalue weighted by Crippen LogP contribution is 2.17. The Bertz CT molecular complexity index is 399. The molecule has 0 atom stereocenters. The van der Waals surface area contributed by atoms with Crippen LogP contribution in [0.4, 0.5) is 0 Å². The van der Waals surface area contributed by atoms with E-state index in [1.54, 1.807) is 0 Å². The average Bonchev–Trinajstić information content (AvgIpc) is 2.24. The SMILES string of the molecule is NC(=NCCc1cccc(Br)c1)NC1CCC1. The Hall–Kier alpha value is -1.03. The zero-order valence-corrected chi connectivity index (χ0v) is 11.4. The largest absolute Gasteiger partial charge is 0.370 e. The van der Waals surface area contributed by atoms with Crippen LogP contribution in [0, 0.1) is 0 Å². The number of hydrogen-bond acceptors (Lipinski definition) is 1. The fraction of sp³-hybridized carbons (Fsp3) is 0.462. The van der Waals surface area contributed by atoms with Crippen molar-refractivity contribution in [2.24, 2.45) is 10.7 Å². The molecule has 17 heavy (non-hydrogen) atoms. The first kappa shape index (κ1) is 12.4. The number of nitrogens with zero attached hydrogens (tertiary/aromatic N) is 1. The Balaban J connectivity index is 1.75. The monoisotopic (exact) mass is 295 g/mol. The standard InChI is InChI=1S/C13H18BrN3/c14-11-4-1-3-10(9-11)7-8-16-13(15)17-12-5-2-6-12/h1,3-4,9,12H,2,5-8H2,(H3,15,16,17). The third kappa shape index (κ3) is 4.04. The van der Waals surface area contributed by atoms with Crippen molar-refractivity contribution in [1.82, 2.24) is 5.32 Å². The molecule has 2 rings (SSSR count). The molecule has 1 aliphatic carbocycles. The number of nitrogens with one attached hydrogen (secondary N) is 1. The van der Waals surface area contributed by atoms with Crippen LogP contribution in [0.25, 0.3) is 0 Å². The lowest BCUT2D eigenvalue weighted by Gasteiger charge is -2.26. The van der Waals surface area contributed by atoms with Gasteiger partial charge in [0.1, 0.15) is 0 Å². The fourth-order valence-corrected chi connectivity index (χ4v) is 2.25. The van der Waals surface area contributed by atoms with E-state index < -0.39 is 0 Å². The van der Waals surface area contributed by atoms with Gasteiger partial charge in [0, 0.05) is 17.1 Å². The van der Waals surface area contributed by atoms with Crippen molar-refractivity contribution in [1.29, 1.82) is 0 Å². The van der Waals surface area contributed by atoms with E-state index >= 15 is 0 Å². The second-order valence-corrected chi connectivity index (χ2v) is 5.33. The Morgan fingerprint density at radius 3 is 2.94 bits per heavy atom. The van der Waals surface area contributed by atoms with E-state index in [1.165, 1.54) is 24.8 Å². The highest BCUT2D eigenvalue weighted by atomic mass is 79.9. The summed E-state index contributed by atoms with van der Waals surface area (Å²) in [4.78, 5) is 4.34. The number of guanidine groups is 1. The van der Waals surface area contributed by atoms with Gasteiger partial charge >= 0.3 is 0 Å². The maximum Gasteiger partial charge on any atom is 0.188 e. The minimum atomic E-state index is 0.560. The fourth-order valence-electron chi connectivity index (χ4n) is 1.81. The van der Waals surface area contributed by atoms with Crippen LogP contribution in [-0.4, -0.2) is 18.5 Å². The van der Waals surface area contributed by atoms with Crippen LogP contribution in [0.5, 0.6) is 0 Å². The smallest absolute Gasteiger partial charge is 0.188 e. The molecule has 0 radical (unpaired) electrons. The molecule has 0 bridgehead atoms. The maximum atomic E-state index is 5.81. The average molecular weight is 296 g/mol. The van der Waals surface area contributed by atoms with Crippen molar-refractivity contribution in [2.75, 3.05) is 6.54 Å². The summed E-state index contributed by atoms with van der Waals surface area (Å²) in [5.74, 6) is 0.588. The predicted octanol–water partition coefficient (Wildman–Crippen LogP) is 2.45. The molecule has 1 aromatic rings. The summed E-state index contributed by atoms with van der Waals surface area (Å²) in [6, 6.07) is 8.85. The lowest BCUT2D eigenvalue weighted by molar-refractivity contribution is 0.382. The van der Waals surface area contributed by atoms with E-state index in [9.17, 15) is 0 Å². The summed E-state index contributed by atoms with van der Waals surface area (Å²) in [6.45, 7) is 0.738. The highest BCUT2D eigenvalue weighted by Gasteiger charge is 2.16. The van der Waals surface area contributed by atoms with Crippen LogP contribution in [-0.2, 0) is 6.42 Å². The minimum Gasteiger partial charge on any atom is -0.370 e. The Morgan fingerprint density at radius 2 is 2.29 bits per heavy atom. The molecular weight excluding hydrogens is 278 g/mol. The van der Waals surface area contributed by atoms with Crippen LogP contribution in [0.15, 0.2) is 33.7 Å². The second-order valence-electron chi connectivity index (χ2n) is 4.42. The topological polar surface area (TPSA) is 50.4 Å². The van der Waals surface area contributed by atoms with Crippen LogP contribution in [0.1, 0.15) is 24.8 Å². The van der Waals surface area contributed by atoms with E-state index in [0.29, 0.717) is 12.0 Å². The first-order valence-electron chi connectivity index (χ1n) is 6.05. The van der Waals surface area contributed by atoms with Crippen LogP contribution < -0.4 is 11.1 Å². The zero-order valence-electron chi connectivity index (χ0n) is 9.82. The van der Waals surface area contributed by atoms with Gasteiger partial charge in [-0.25, -0.2) is 0 Å². The predicted molar refractivity (Wildman–Crippen MR) is 75.1 cm³/mol. The quantitative estimate of drug-likeness (QED) is 0.662. The summed E-state index contributed by atoms with van der Waals surface area (Å²) >= 11 is 3.46. The Morgan fingerprint density at radius 1 is 1.47 bits per heavy atom. The molecule has 3 nitrogen and oxygen atoms in total. The van der Waals surface area contributed by atoms with Crippen molar-refractivity contribution < 1.29 is 0 Å². The van der Waals surface area contributed by atoms with Crippen LogP contribution >= 0.6 is 15.9 Å². The third-order valence-corrected chi connectivity index (χ3v) is 3.52. The number of benzene rings is 1. The van der Waals surface area contributed by atoms with Gasteiger partial charge in [-0.15, -0.1) is 0 Å². The van der Waals surface area contributed by atoms with E-state index in [-0.39, 0.29) is 0 Å². The highest BCUT2D eigenvalue weighted by molar-refractivity contribution is 9.10. The van der Waals surface area contributed by atoms with E-state index in [0.717, 1.165) is 17.4 Å². The summed E-state index contributed by atoms with van der Waals surface area (Å²) in [6.07, 6.45) is 4.68. The van der Waals surface area contributed by atoms with Gasteiger partial charge in [0.15, 0.2) is 5.96 Å². The second kappa shape index (κ2) is 6.05. The van der Waals surface area contributed by atoms with Gasteiger partial charge in [0.25, 0.3) is 0 Å². The summed E-state index contributed by atoms with van der Waals surface area (Å²) in [7, 11) is 0. The molecule has 4 heteroatoms. The van der Waals surface area contributed by atoms with Gasteiger partial charge in [-0.2, -0.15) is 0 Å². The maximum absolute atomic E-state index is 5.81. The molecule has 0 heterocycles. The number of hydrogen-bond donors (Lipinski definition) is 2. The van der Waals surface area contributed by atoms with Gasteiger partial charge < -0.3 is 11.1 Å². The number of nitrogens with two attached hydrogens (primary N) is 1. The van der Waals surface area contributed by atoms with Crippen molar-refractivity contribution >= 4 is 21.9 Å². The van der Waals surface area contributed by atoms with Gasteiger partial charge in [0.05, 0.1) is 0 Å². The molecule has 1 aromatic carbocycles. The lowest BCUT2D eigenvalue weighted by atomic mass is 9.93. The molecule has 1 aliphatic rings. The Labute approximate surface area is 111 Å². The van der Waals surface area contributed by atoms with E-state index in [4.69, 9.17) is 5.73 Å². The van der Waals surface area contributed by atoms with Gasteiger partial charge in [-0.05, 0) is 43.4 Å². The number of halogens is 1. The molecule has 0 amide bonds.